The number of hydrogen-bond donors (Lipinski definition) is 1. The number of hydrogen-bond acceptors (Lipinski definition) is 2. The zero-order chi connectivity index (χ0) is 12.6. The summed E-state index contributed by atoms with van der Waals surface area (Å²) in [4.78, 5) is 0. The Bertz CT molecular complexity index is 466. The average molecular weight is 242 g/mol. The van der Waals surface area contributed by atoms with Crippen LogP contribution in [0.1, 0.15) is 18.4 Å². The van der Waals surface area contributed by atoms with Gasteiger partial charge in [0.05, 0.1) is 0 Å². The number of aliphatic hydroxyl groups is 1. The summed E-state index contributed by atoms with van der Waals surface area (Å²) in [6, 6.07) is 17.9. The lowest BCUT2D eigenvalue weighted by atomic mass is 10.1. The first-order valence-corrected chi connectivity index (χ1v) is 6.31. The van der Waals surface area contributed by atoms with Gasteiger partial charge in [-0.05, 0) is 49.1 Å². The van der Waals surface area contributed by atoms with Crippen LogP contribution in [-0.4, -0.2) is 11.7 Å². The third-order valence-corrected chi connectivity index (χ3v) is 2.75. The second kappa shape index (κ2) is 6.82. The lowest BCUT2D eigenvalue weighted by Gasteiger charge is -2.07. The van der Waals surface area contributed by atoms with Crippen LogP contribution in [0.2, 0.25) is 0 Å². The van der Waals surface area contributed by atoms with E-state index in [9.17, 15) is 0 Å². The zero-order valence-corrected chi connectivity index (χ0v) is 10.4. The van der Waals surface area contributed by atoms with Crippen LogP contribution in [-0.2, 0) is 6.42 Å². The Morgan fingerprint density at radius 3 is 2.39 bits per heavy atom. The van der Waals surface area contributed by atoms with Crippen molar-refractivity contribution in [3.05, 3.63) is 60.2 Å². The van der Waals surface area contributed by atoms with Crippen molar-refractivity contribution in [1.29, 1.82) is 0 Å². The van der Waals surface area contributed by atoms with Crippen LogP contribution in [0, 0.1) is 0 Å². The third-order valence-electron chi connectivity index (χ3n) is 2.75. The molecule has 2 aromatic rings. The third kappa shape index (κ3) is 3.90. The lowest BCUT2D eigenvalue weighted by Crippen LogP contribution is -1.90. The normalized spacial score (nSPS) is 10.3. The summed E-state index contributed by atoms with van der Waals surface area (Å²) < 4.78 is 5.78. The van der Waals surface area contributed by atoms with Gasteiger partial charge < -0.3 is 9.84 Å². The summed E-state index contributed by atoms with van der Waals surface area (Å²) in [5, 5.41) is 8.77. The van der Waals surface area contributed by atoms with Crippen molar-refractivity contribution in [3.8, 4) is 11.5 Å². The van der Waals surface area contributed by atoms with Crippen molar-refractivity contribution in [2.75, 3.05) is 6.61 Å². The van der Waals surface area contributed by atoms with Crippen molar-refractivity contribution < 1.29 is 9.84 Å². The molecule has 0 aliphatic rings. The Kier molecular flexibility index (Phi) is 4.79. The van der Waals surface area contributed by atoms with Gasteiger partial charge in [0.2, 0.25) is 0 Å². The largest absolute Gasteiger partial charge is 0.457 e. The smallest absolute Gasteiger partial charge is 0.127 e. The lowest BCUT2D eigenvalue weighted by molar-refractivity contribution is 0.284. The van der Waals surface area contributed by atoms with E-state index in [1.54, 1.807) is 0 Å². The number of rotatable bonds is 6. The number of para-hydroxylation sites is 1. The molecule has 0 aliphatic heterocycles. The summed E-state index contributed by atoms with van der Waals surface area (Å²) in [6.45, 7) is 0.264. The van der Waals surface area contributed by atoms with E-state index in [0.717, 1.165) is 30.8 Å². The molecule has 94 valence electrons. The molecule has 0 unspecified atom stereocenters. The number of aryl methyl sites for hydroxylation is 1. The molecule has 0 fully saturated rings. The van der Waals surface area contributed by atoms with Crippen molar-refractivity contribution in [2.45, 2.75) is 19.3 Å². The average Bonchev–Trinajstić information content (AvgIpc) is 2.41. The predicted octanol–water partition coefficient (Wildman–Crippen LogP) is 3.79. The highest BCUT2D eigenvalue weighted by atomic mass is 16.5. The molecule has 0 saturated heterocycles. The molecular weight excluding hydrogens is 224 g/mol. The minimum atomic E-state index is 0.264. The van der Waals surface area contributed by atoms with E-state index in [1.807, 2.05) is 42.5 Å². The summed E-state index contributed by atoms with van der Waals surface area (Å²) in [5.74, 6) is 1.72. The van der Waals surface area contributed by atoms with Crippen molar-refractivity contribution in [3.63, 3.8) is 0 Å². The SMILES string of the molecule is OCCCCc1cccc(Oc2ccccc2)c1. The fraction of sp³-hybridized carbons (Fsp3) is 0.250. The summed E-state index contributed by atoms with van der Waals surface area (Å²) >= 11 is 0. The van der Waals surface area contributed by atoms with Crippen molar-refractivity contribution >= 4 is 0 Å². The molecule has 2 nitrogen and oxygen atoms in total. The van der Waals surface area contributed by atoms with Gasteiger partial charge in [-0.1, -0.05) is 30.3 Å². The van der Waals surface area contributed by atoms with E-state index in [0.29, 0.717) is 0 Å². The van der Waals surface area contributed by atoms with Gasteiger partial charge >= 0.3 is 0 Å². The van der Waals surface area contributed by atoms with Gasteiger partial charge in [0.15, 0.2) is 0 Å². The molecule has 2 heteroatoms. The summed E-state index contributed by atoms with van der Waals surface area (Å²) in [6.07, 6.45) is 2.83. The van der Waals surface area contributed by atoms with Crippen molar-refractivity contribution in [1.82, 2.24) is 0 Å². The van der Waals surface area contributed by atoms with E-state index >= 15 is 0 Å². The molecule has 2 rings (SSSR count). The van der Waals surface area contributed by atoms with Crippen LogP contribution in [0.15, 0.2) is 54.6 Å². The molecule has 0 amide bonds. The molecular formula is C16H18O2. The van der Waals surface area contributed by atoms with Gasteiger partial charge in [-0.3, -0.25) is 0 Å². The number of unbranched alkanes of at least 4 members (excludes halogenated alkanes) is 1. The van der Waals surface area contributed by atoms with Gasteiger partial charge in [-0.15, -0.1) is 0 Å². The van der Waals surface area contributed by atoms with E-state index in [2.05, 4.69) is 12.1 Å². The predicted molar refractivity (Wildman–Crippen MR) is 73.0 cm³/mol. The van der Waals surface area contributed by atoms with Gasteiger partial charge in [-0.2, -0.15) is 0 Å². The fourth-order valence-electron chi connectivity index (χ4n) is 1.83. The molecule has 0 saturated carbocycles. The van der Waals surface area contributed by atoms with Crippen LogP contribution < -0.4 is 4.74 Å². The molecule has 0 bridgehead atoms. The van der Waals surface area contributed by atoms with Crippen LogP contribution in [0.25, 0.3) is 0 Å². The van der Waals surface area contributed by atoms with Gasteiger partial charge in [0, 0.05) is 6.61 Å². The topological polar surface area (TPSA) is 29.5 Å². The monoisotopic (exact) mass is 242 g/mol. The first kappa shape index (κ1) is 12.7. The molecule has 18 heavy (non-hydrogen) atoms. The molecule has 0 radical (unpaired) electrons. The van der Waals surface area contributed by atoms with Crippen LogP contribution in [0.3, 0.4) is 0 Å². The second-order valence-electron chi connectivity index (χ2n) is 4.24. The molecule has 0 heterocycles. The maximum atomic E-state index is 8.77. The molecule has 0 atom stereocenters. The molecule has 0 aliphatic carbocycles. The Morgan fingerprint density at radius 1 is 0.833 bits per heavy atom. The minimum absolute atomic E-state index is 0.264. The highest BCUT2D eigenvalue weighted by molar-refractivity contribution is 5.33. The molecule has 0 spiro atoms. The second-order valence-corrected chi connectivity index (χ2v) is 4.24. The standard InChI is InChI=1S/C16H18O2/c17-12-5-4-7-14-8-6-11-16(13-14)18-15-9-2-1-3-10-15/h1-3,6,8-11,13,17H,4-5,7,12H2. The first-order chi connectivity index (χ1) is 8.88. The van der Waals surface area contributed by atoms with E-state index in [1.165, 1.54) is 5.56 Å². The van der Waals surface area contributed by atoms with Gasteiger partial charge in [0.25, 0.3) is 0 Å². The van der Waals surface area contributed by atoms with Crippen LogP contribution in [0.5, 0.6) is 11.5 Å². The quantitative estimate of drug-likeness (QED) is 0.781. The highest BCUT2D eigenvalue weighted by Crippen LogP contribution is 2.22. The Balaban J connectivity index is 1.99. The van der Waals surface area contributed by atoms with E-state index in [-0.39, 0.29) is 6.61 Å². The first-order valence-electron chi connectivity index (χ1n) is 6.31. The van der Waals surface area contributed by atoms with Crippen LogP contribution >= 0.6 is 0 Å². The number of aliphatic hydroxyl groups excluding tert-OH is 1. The fourth-order valence-corrected chi connectivity index (χ4v) is 1.83. The van der Waals surface area contributed by atoms with Crippen LogP contribution in [0.4, 0.5) is 0 Å². The molecule has 1 N–H and O–H groups in total. The summed E-state index contributed by atoms with van der Waals surface area (Å²) in [7, 11) is 0. The Morgan fingerprint density at radius 2 is 1.61 bits per heavy atom. The van der Waals surface area contributed by atoms with Gasteiger partial charge in [-0.25, -0.2) is 0 Å². The van der Waals surface area contributed by atoms with E-state index < -0.39 is 0 Å². The van der Waals surface area contributed by atoms with Gasteiger partial charge in [0.1, 0.15) is 11.5 Å². The maximum absolute atomic E-state index is 8.77. The van der Waals surface area contributed by atoms with E-state index in [4.69, 9.17) is 9.84 Å². The Hall–Kier alpha value is -1.80. The maximum Gasteiger partial charge on any atom is 0.127 e. The Labute approximate surface area is 108 Å². The summed E-state index contributed by atoms with van der Waals surface area (Å²) in [5.41, 5.74) is 1.25. The number of benzene rings is 2. The highest BCUT2D eigenvalue weighted by Gasteiger charge is 1.99. The zero-order valence-electron chi connectivity index (χ0n) is 10.4. The number of ether oxygens (including phenoxy) is 1. The van der Waals surface area contributed by atoms with Crippen molar-refractivity contribution in [2.24, 2.45) is 0 Å². The minimum Gasteiger partial charge on any atom is -0.457 e. The molecule has 2 aromatic carbocycles. The molecule has 0 aromatic heterocycles.